The molecule has 0 aliphatic heterocycles. The summed E-state index contributed by atoms with van der Waals surface area (Å²) in [6.07, 6.45) is 0. The lowest BCUT2D eigenvalue weighted by molar-refractivity contribution is 0.102. The van der Waals surface area contributed by atoms with E-state index in [2.05, 4.69) is 5.32 Å². The van der Waals surface area contributed by atoms with E-state index in [0.29, 0.717) is 27.0 Å². The highest BCUT2D eigenvalue weighted by Crippen LogP contribution is 2.30. The average molecular weight is 295 g/mol. The maximum atomic E-state index is 12.1. The minimum Gasteiger partial charge on any atom is -0.399 e. The molecule has 0 fully saturated rings. The van der Waals surface area contributed by atoms with Gasteiger partial charge in [-0.15, -0.1) is 0 Å². The van der Waals surface area contributed by atoms with Gasteiger partial charge in [0.25, 0.3) is 5.91 Å². The first-order chi connectivity index (χ1) is 8.99. The van der Waals surface area contributed by atoms with Gasteiger partial charge in [0, 0.05) is 11.3 Å². The number of hydrogen-bond acceptors (Lipinski definition) is 2. The third kappa shape index (κ3) is 3.00. The number of benzene rings is 2. The molecule has 19 heavy (non-hydrogen) atoms. The summed E-state index contributed by atoms with van der Waals surface area (Å²) in [7, 11) is 0. The molecule has 0 aliphatic carbocycles. The van der Waals surface area contributed by atoms with E-state index in [1.54, 1.807) is 36.4 Å². The Kier molecular flexibility index (Phi) is 3.98. The smallest absolute Gasteiger partial charge is 0.255 e. The van der Waals surface area contributed by atoms with E-state index in [1.165, 1.54) is 0 Å². The van der Waals surface area contributed by atoms with Crippen LogP contribution in [0.2, 0.25) is 10.0 Å². The molecule has 0 aromatic heterocycles. The van der Waals surface area contributed by atoms with Crippen LogP contribution in [0.25, 0.3) is 0 Å². The number of halogens is 2. The first kappa shape index (κ1) is 13.7. The van der Waals surface area contributed by atoms with Crippen molar-refractivity contribution in [2.24, 2.45) is 0 Å². The zero-order valence-electron chi connectivity index (χ0n) is 10.2. The molecule has 3 N–H and O–H groups in total. The van der Waals surface area contributed by atoms with Crippen molar-refractivity contribution >= 4 is 40.5 Å². The molecular weight excluding hydrogens is 283 g/mol. The molecule has 0 aliphatic rings. The first-order valence-corrected chi connectivity index (χ1v) is 6.36. The Labute approximate surface area is 121 Å². The molecule has 0 atom stereocenters. The minimum absolute atomic E-state index is 0.280. The molecule has 0 saturated heterocycles. The van der Waals surface area contributed by atoms with Crippen molar-refractivity contribution in [1.82, 2.24) is 0 Å². The van der Waals surface area contributed by atoms with Gasteiger partial charge in [-0.3, -0.25) is 4.79 Å². The molecule has 0 bridgehead atoms. The van der Waals surface area contributed by atoms with E-state index in [-0.39, 0.29) is 5.91 Å². The van der Waals surface area contributed by atoms with Crippen molar-refractivity contribution in [2.75, 3.05) is 11.1 Å². The lowest BCUT2D eigenvalue weighted by Gasteiger charge is -2.10. The first-order valence-electron chi connectivity index (χ1n) is 5.60. The van der Waals surface area contributed by atoms with Crippen molar-refractivity contribution in [2.45, 2.75) is 6.92 Å². The number of nitrogen functional groups attached to an aromatic ring is 1. The number of anilines is 2. The number of amides is 1. The Morgan fingerprint density at radius 3 is 2.37 bits per heavy atom. The van der Waals surface area contributed by atoms with Crippen LogP contribution >= 0.6 is 23.2 Å². The lowest BCUT2D eigenvalue weighted by Crippen LogP contribution is -2.13. The molecular formula is C14H12Cl2N2O. The second-order valence-corrected chi connectivity index (χ2v) is 4.94. The monoisotopic (exact) mass is 294 g/mol. The number of para-hydroxylation sites is 1. The number of carbonyl (C=O) groups is 1. The van der Waals surface area contributed by atoms with E-state index in [0.717, 1.165) is 5.56 Å². The van der Waals surface area contributed by atoms with Gasteiger partial charge in [-0.2, -0.15) is 0 Å². The summed E-state index contributed by atoms with van der Waals surface area (Å²) in [5.41, 5.74) is 8.12. The van der Waals surface area contributed by atoms with Crippen LogP contribution in [0.4, 0.5) is 11.4 Å². The standard InChI is InChI=1S/C14H12Cl2N2O/c1-8-7-9(5-6-12(8)17)14(19)18-13-10(15)3-2-4-11(13)16/h2-7H,17H2,1H3,(H,18,19). The second-order valence-electron chi connectivity index (χ2n) is 4.12. The van der Waals surface area contributed by atoms with Crippen LogP contribution in [0.1, 0.15) is 15.9 Å². The summed E-state index contributed by atoms with van der Waals surface area (Å²) < 4.78 is 0. The zero-order valence-corrected chi connectivity index (χ0v) is 11.7. The predicted molar refractivity (Wildman–Crippen MR) is 80.0 cm³/mol. The summed E-state index contributed by atoms with van der Waals surface area (Å²) in [5, 5.41) is 3.49. The SMILES string of the molecule is Cc1cc(C(=O)Nc2c(Cl)cccc2Cl)ccc1N. The van der Waals surface area contributed by atoms with Crippen LogP contribution in [0.3, 0.4) is 0 Å². The van der Waals surface area contributed by atoms with E-state index in [1.807, 2.05) is 6.92 Å². The van der Waals surface area contributed by atoms with Gasteiger partial charge in [0.2, 0.25) is 0 Å². The quantitative estimate of drug-likeness (QED) is 0.818. The van der Waals surface area contributed by atoms with Crippen LogP contribution in [0.15, 0.2) is 36.4 Å². The zero-order chi connectivity index (χ0) is 14.0. The third-order valence-corrected chi connectivity index (χ3v) is 3.36. The Balaban J connectivity index is 2.28. The maximum absolute atomic E-state index is 12.1. The largest absolute Gasteiger partial charge is 0.399 e. The topological polar surface area (TPSA) is 55.1 Å². The van der Waals surface area contributed by atoms with E-state index >= 15 is 0 Å². The molecule has 0 heterocycles. The second kappa shape index (κ2) is 5.51. The van der Waals surface area contributed by atoms with E-state index in [4.69, 9.17) is 28.9 Å². The average Bonchev–Trinajstić information content (AvgIpc) is 2.37. The highest BCUT2D eigenvalue weighted by Gasteiger charge is 2.11. The van der Waals surface area contributed by atoms with Crippen molar-refractivity contribution in [3.63, 3.8) is 0 Å². The molecule has 1 amide bonds. The predicted octanol–water partition coefficient (Wildman–Crippen LogP) is 4.14. The molecule has 0 saturated carbocycles. The lowest BCUT2D eigenvalue weighted by atomic mass is 10.1. The Hall–Kier alpha value is -1.71. The van der Waals surface area contributed by atoms with Gasteiger partial charge in [0.05, 0.1) is 15.7 Å². The summed E-state index contributed by atoms with van der Waals surface area (Å²) in [4.78, 5) is 12.1. The van der Waals surface area contributed by atoms with Crippen LogP contribution < -0.4 is 11.1 Å². The van der Waals surface area contributed by atoms with Crippen molar-refractivity contribution in [3.05, 3.63) is 57.6 Å². The maximum Gasteiger partial charge on any atom is 0.255 e. The molecule has 2 aromatic rings. The molecule has 2 aromatic carbocycles. The van der Waals surface area contributed by atoms with Crippen molar-refractivity contribution in [3.8, 4) is 0 Å². The van der Waals surface area contributed by atoms with Crippen LogP contribution in [-0.2, 0) is 0 Å². The summed E-state index contributed by atoms with van der Waals surface area (Å²) >= 11 is 12.0. The molecule has 0 radical (unpaired) electrons. The van der Waals surface area contributed by atoms with Gasteiger partial charge in [-0.1, -0.05) is 29.3 Å². The molecule has 3 nitrogen and oxygen atoms in total. The summed E-state index contributed by atoms with van der Waals surface area (Å²) in [5.74, 6) is -0.280. The summed E-state index contributed by atoms with van der Waals surface area (Å²) in [6.45, 7) is 1.84. The van der Waals surface area contributed by atoms with E-state index in [9.17, 15) is 4.79 Å². The minimum atomic E-state index is -0.280. The fraction of sp³-hybridized carbons (Fsp3) is 0.0714. The van der Waals surface area contributed by atoms with Gasteiger partial charge in [0.1, 0.15) is 0 Å². The number of rotatable bonds is 2. The number of aryl methyl sites for hydroxylation is 1. The third-order valence-electron chi connectivity index (χ3n) is 2.73. The van der Waals surface area contributed by atoms with Crippen LogP contribution in [0.5, 0.6) is 0 Å². The fourth-order valence-corrected chi connectivity index (χ4v) is 2.11. The van der Waals surface area contributed by atoms with Crippen molar-refractivity contribution in [1.29, 1.82) is 0 Å². The molecule has 0 spiro atoms. The molecule has 5 heteroatoms. The number of carbonyl (C=O) groups excluding carboxylic acids is 1. The number of nitrogens with one attached hydrogen (secondary N) is 1. The van der Waals surface area contributed by atoms with Gasteiger partial charge in [0.15, 0.2) is 0 Å². The summed E-state index contributed by atoms with van der Waals surface area (Å²) in [6, 6.07) is 10.1. The number of hydrogen-bond donors (Lipinski definition) is 2. The number of nitrogens with two attached hydrogens (primary N) is 1. The normalized spacial score (nSPS) is 10.3. The highest BCUT2D eigenvalue weighted by molar-refractivity contribution is 6.40. The molecule has 98 valence electrons. The van der Waals surface area contributed by atoms with Gasteiger partial charge < -0.3 is 11.1 Å². The Morgan fingerprint density at radius 1 is 1.16 bits per heavy atom. The highest BCUT2D eigenvalue weighted by atomic mass is 35.5. The molecule has 2 rings (SSSR count). The van der Waals surface area contributed by atoms with Gasteiger partial charge in [-0.25, -0.2) is 0 Å². The van der Waals surface area contributed by atoms with Crippen LogP contribution in [0, 0.1) is 6.92 Å². The van der Waals surface area contributed by atoms with Gasteiger partial charge in [-0.05, 0) is 42.8 Å². The molecule has 0 unspecified atom stereocenters. The Morgan fingerprint density at radius 2 is 1.79 bits per heavy atom. The van der Waals surface area contributed by atoms with Gasteiger partial charge >= 0.3 is 0 Å². The fourth-order valence-electron chi connectivity index (χ4n) is 1.62. The van der Waals surface area contributed by atoms with Crippen LogP contribution in [-0.4, -0.2) is 5.91 Å². The Bertz CT molecular complexity index is 621. The van der Waals surface area contributed by atoms with Crippen molar-refractivity contribution < 1.29 is 4.79 Å². The van der Waals surface area contributed by atoms with E-state index < -0.39 is 0 Å².